The molecule has 3 rings (SSSR count). The van der Waals surface area contributed by atoms with E-state index in [4.69, 9.17) is 34.8 Å². The van der Waals surface area contributed by atoms with Crippen LogP contribution in [0.1, 0.15) is 15.9 Å². The summed E-state index contributed by atoms with van der Waals surface area (Å²) in [5.74, 6) is -0.649. The molecule has 3 aromatic rings. The van der Waals surface area contributed by atoms with Gasteiger partial charge in [0.1, 0.15) is 6.54 Å². The van der Waals surface area contributed by atoms with Gasteiger partial charge < -0.3 is 10.2 Å². The van der Waals surface area contributed by atoms with Crippen molar-refractivity contribution in [2.24, 2.45) is 0 Å². The smallest absolute Gasteiger partial charge is 0.254 e. The highest BCUT2D eigenvalue weighted by Crippen LogP contribution is 2.20. The average Bonchev–Trinajstić information content (AvgIpc) is 2.69. The lowest BCUT2D eigenvalue weighted by atomic mass is 10.1. The van der Waals surface area contributed by atoms with Crippen LogP contribution in [-0.4, -0.2) is 23.3 Å². The maximum atomic E-state index is 13.1. The second-order valence-electron chi connectivity index (χ2n) is 6.32. The lowest BCUT2D eigenvalue weighted by Crippen LogP contribution is -2.37. The van der Waals surface area contributed by atoms with E-state index >= 15 is 0 Å². The molecule has 0 aliphatic carbocycles. The molecule has 0 heterocycles. The Balaban J connectivity index is 1.81. The van der Waals surface area contributed by atoms with Gasteiger partial charge in [-0.2, -0.15) is 0 Å². The zero-order valence-corrected chi connectivity index (χ0v) is 17.5. The van der Waals surface area contributed by atoms with E-state index in [-0.39, 0.29) is 24.9 Å². The fourth-order valence-corrected chi connectivity index (χ4v) is 3.26. The SMILES string of the molecule is O=C(CN(Cc1ccccc1Cl)C(=O)c1ccc(Cl)cc1)Nc1cccc(Cl)c1. The zero-order valence-electron chi connectivity index (χ0n) is 15.2. The number of carbonyl (C=O) groups is 2. The Morgan fingerprint density at radius 1 is 0.828 bits per heavy atom. The van der Waals surface area contributed by atoms with Crippen molar-refractivity contribution in [3.05, 3.63) is 99.0 Å². The number of nitrogens with zero attached hydrogens (tertiary/aromatic N) is 1. The zero-order chi connectivity index (χ0) is 20.8. The second kappa shape index (κ2) is 9.79. The fourth-order valence-electron chi connectivity index (χ4n) is 2.75. The third-order valence-electron chi connectivity index (χ3n) is 4.14. The average molecular weight is 448 g/mol. The Labute approximate surface area is 184 Å². The van der Waals surface area contributed by atoms with Crippen molar-refractivity contribution in [2.45, 2.75) is 6.54 Å². The molecule has 29 heavy (non-hydrogen) atoms. The number of hydrogen-bond donors (Lipinski definition) is 1. The van der Waals surface area contributed by atoms with E-state index in [0.717, 1.165) is 5.56 Å². The number of amides is 2. The fraction of sp³-hybridized carbons (Fsp3) is 0.0909. The molecule has 0 aliphatic rings. The third-order valence-corrected chi connectivity index (χ3v) is 5.00. The molecular formula is C22H17Cl3N2O2. The lowest BCUT2D eigenvalue weighted by molar-refractivity contribution is -0.117. The largest absolute Gasteiger partial charge is 0.325 e. The predicted molar refractivity (Wildman–Crippen MR) is 118 cm³/mol. The lowest BCUT2D eigenvalue weighted by Gasteiger charge is -2.23. The van der Waals surface area contributed by atoms with Crippen molar-refractivity contribution in [1.29, 1.82) is 0 Å². The topological polar surface area (TPSA) is 49.4 Å². The van der Waals surface area contributed by atoms with Crippen LogP contribution in [0.4, 0.5) is 5.69 Å². The number of rotatable bonds is 6. The summed E-state index contributed by atoms with van der Waals surface area (Å²) in [5, 5.41) is 4.32. The summed E-state index contributed by atoms with van der Waals surface area (Å²) in [7, 11) is 0. The quantitative estimate of drug-likeness (QED) is 0.509. The summed E-state index contributed by atoms with van der Waals surface area (Å²) >= 11 is 18.1. The Morgan fingerprint density at radius 3 is 2.24 bits per heavy atom. The molecule has 0 bridgehead atoms. The molecule has 2 amide bonds. The van der Waals surface area contributed by atoms with Gasteiger partial charge in [-0.1, -0.05) is 59.1 Å². The molecule has 0 aromatic heterocycles. The first kappa shape index (κ1) is 21.2. The first-order valence-corrected chi connectivity index (χ1v) is 9.89. The van der Waals surface area contributed by atoms with Crippen LogP contribution in [0.2, 0.25) is 15.1 Å². The van der Waals surface area contributed by atoms with Gasteiger partial charge in [0.25, 0.3) is 5.91 Å². The third kappa shape index (κ3) is 5.97. The highest BCUT2D eigenvalue weighted by atomic mass is 35.5. The van der Waals surface area contributed by atoms with Gasteiger partial charge in [0.05, 0.1) is 0 Å². The van der Waals surface area contributed by atoms with Crippen molar-refractivity contribution in [3.8, 4) is 0 Å². The molecule has 0 unspecified atom stereocenters. The Kier molecular flexibility index (Phi) is 7.15. The normalized spacial score (nSPS) is 10.4. The number of benzene rings is 3. The summed E-state index contributed by atoms with van der Waals surface area (Å²) < 4.78 is 0. The Bertz CT molecular complexity index is 1020. The molecule has 1 N–H and O–H groups in total. The van der Waals surface area contributed by atoms with E-state index in [9.17, 15) is 9.59 Å². The van der Waals surface area contributed by atoms with Crippen LogP contribution in [0, 0.1) is 0 Å². The Morgan fingerprint density at radius 2 is 1.55 bits per heavy atom. The van der Waals surface area contributed by atoms with Crippen molar-refractivity contribution in [2.75, 3.05) is 11.9 Å². The van der Waals surface area contributed by atoms with E-state index in [2.05, 4.69) is 5.32 Å². The number of nitrogens with one attached hydrogen (secondary N) is 1. The van der Waals surface area contributed by atoms with Gasteiger partial charge >= 0.3 is 0 Å². The van der Waals surface area contributed by atoms with Gasteiger partial charge in [-0.15, -0.1) is 0 Å². The van der Waals surface area contributed by atoms with Gasteiger partial charge in [0.2, 0.25) is 5.91 Å². The first-order chi connectivity index (χ1) is 13.9. The van der Waals surface area contributed by atoms with Crippen molar-refractivity contribution < 1.29 is 9.59 Å². The van der Waals surface area contributed by atoms with E-state index in [1.165, 1.54) is 4.90 Å². The molecule has 0 atom stereocenters. The molecule has 0 fully saturated rings. The summed E-state index contributed by atoms with van der Waals surface area (Å²) in [5.41, 5.74) is 1.73. The summed E-state index contributed by atoms with van der Waals surface area (Å²) in [4.78, 5) is 27.1. The van der Waals surface area contributed by atoms with Gasteiger partial charge in [0.15, 0.2) is 0 Å². The number of halogens is 3. The molecule has 0 radical (unpaired) electrons. The van der Waals surface area contributed by atoms with Crippen molar-refractivity contribution in [1.82, 2.24) is 4.90 Å². The molecule has 4 nitrogen and oxygen atoms in total. The van der Waals surface area contributed by atoms with Crippen LogP contribution in [0.3, 0.4) is 0 Å². The highest BCUT2D eigenvalue weighted by Gasteiger charge is 2.20. The van der Waals surface area contributed by atoms with Gasteiger partial charge in [-0.25, -0.2) is 0 Å². The summed E-state index contributed by atoms with van der Waals surface area (Å²) in [6.45, 7) is 0.0310. The van der Waals surface area contributed by atoms with Crippen LogP contribution in [0.15, 0.2) is 72.8 Å². The molecule has 0 aliphatic heterocycles. The van der Waals surface area contributed by atoms with Gasteiger partial charge in [-0.05, 0) is 54.1 Å². The first-order valence-electron chi connectivity index (χ1n) is 8.76. The summed E-state index contributed by atoms with van der Waals surface area (Å²) in [6, 6.07) is 20.5. The molecule has 0 saturated heterocycles. The Hall–Kier alpha value is -2.53. The maximum Gasteiger partial charge on any atom is 0.254 e. The minimum atomic E-state index is -0.346. The second-order valence-corrected chi connectivity index (χ2v) is 7.60. The molecule has 0 saturated carbocycles. The van der Waals surface area contributed by atoms with E-state index in [1.807, 2.05) is 18.2 Å². The monoisotopic (exact) mass is 446 g/mol. The maximum absolute atomic E-state index is 13.1. The number of hydrogen-bond acceptors (Lipinski definition) is 2. The van der Waals surface area contributed by atoms with E-state index < -0.39 is 0 Å². The number of anilines is 1. The predicted octanol–water partition coefficient (Wildman–Crippen LogP) is 5.93. The minimum Gasteiger partial charge on any atom is -0.325 e. The van der Waals surface area contributed by atoms with Gasteiger partial charge in [-0.3, -0.25) is 9.59 Å². The van der Waals surface area contributed by atoms with Crippen LogP contribution in [0.25, 0.3) is 0 Å². The molecular weight excluding hydrogens is 431 g/mol. The highest BCUT2D eigenvalue weighted by molar-refractivity contribution is 6.31. The van der Waals surface area contributed by atoms with Crippen LogP contribution < -0.4 is 5.32 Å². The number of carbonyl (C=O) groups excluding carboxylic acids is 2. The van der Waals surface area contributed by atoms with Gasteiger partial charge in [0, 0.05) is 32.9 Å². The molecule has 7 heteroatoms. The molecule has 148 valence electrons. The minimum absolute atomic E-state index is 0.154. The van der Waals surface area contributed by atoms with Crippen LogP contribution >= 0.6 is 34.8 Å². The van der Waals surface area contributed by atoms with Crippen molar-refractivity contribution >= 4 is 52.3 Å². The molecule has 3 aromatic carbocycles. The van der Waals surface area contributed by atoms with Crippen LogP contribution in [0.5, 0.6) is 0 Å². The van der Waals surface area contributed by atoms with Crippen molar-refractivity contribution in [3.63, 3.8) is 0 Å². The van der Waals surface area contributed by atoms with E-state index in [0.29, 0.717) is 26.3 Å². The molecule has 0 spiro atoms. The van der Waals surface area contributed by atoms with E-state index in [1.54, 1.807) is 54.6 Å². The summed E-state index contributed by atoms with van der Waals surface area (Å²) in [6.07, 6.45) is 0. The van der Waals surface area contributed by atoms with Crippen LogP contribution in [-0.2, 0) is 11.3 Å². The standard InChI is InChI=1S/C22H17Cl3N2O2/c23-17-10-8-15(9-11-17)22(29)27(13-16-4-1-2-7-20(16)25)14-21(28)26-19-6-3-5-18(24)12-19/h1-12H,13-14H2,(H,26,28).